The average molecular weight is 413 g/mol. The Labute approximate surface area is 170 Å². The van der Waals surface area contributed by atoms with Crippen molar-refractivity contribution in [1.29, 1.82) is 0 Å². The summed E-state index contributed by atoms with van der Waals surface area (Å²) in [4.78, 5) is 13.1. The largest absolute Gasteiger partial charge is 0.294 e. The van der Waals surface area contributed by atoms with Crippen LogP contribution >= 0.6 is 11.6 Å². The molecule has 0 atom stereocenters. The number of carbonyl (C=O) groups excluding carboxylic acids is 1. The fourth-order valence-corrected chi connectivity index (χ4v) is 4.72. The number of benzene rings is 3. The zero-order chi connectivity index (χ0) is 20.3. The molecule has 0 radical (unpaired) electrons. The molecule has 0 fully saturated rings. The Morgan fingerprint density at radius 2 is 1.68 bits per heavy atom. The molecule has 0 aliphatic carbocycles. The second kappa shape index (κ2) is 8.29. The summed E-state index contributed by atoms with van der Waals surface area (Å²) in [6, 6.07) is 19.2. The van der Waals surface area contributed by atoms with Gasteiger partial charge >= 0.3 is 0 Å². The Morgan fingerprint density at radius 1 is 0.929 bits per heavy atom. The van der Waals surface area contributed by atoms with Crippen LogP contribution in [0.5, 0.6) is 0 Å². The number of hydrogen-bond acceptors (Lipinski definition) is 3. The van der Waals surface area contributed by atoms with Gasteiger partial charge in [-0.15, -0.1) is 0 Å². The third-order valence-electron chi connectivity index (χ3n) is 4.61. The highest BCUT2D eigenvalue weighted by Gasteiger charge is 2.20. The van der Waals surface area contributed by atoms with Crippen LogP contribution in [0.1, 0.15) is 32.6 Å². The molecule has 0 spiro atoms. The SMILES string of the molecule is Cc1cccc(S(=O)(=O)Cc2ccccc2C(=O)Cc2ccc(C)c(Cl)c2)c1. The number of sulfone groups is 1. The van der Waals surface area contributed by atoms with Crippen molar-refractivity contribution < 1.29 is 13.2 Å². The lowest BCUT2D eigenvalue weighted by Crippen LogP contribution is -2.12. The molecule has 0 amide bonds. The van der Waals surface area contributed by atoms with Gasteiger partial charge in [-0.05, 0) is 54.3 Å². The molecule has 3 nitrogen and oxygen atoms in total. The second-order valence-electron chi connectivity index (χ2n) is 6.92. The molecule has 0 bridgehead atoms. The van der Waals surface area contributed by atoms with Crippen molar-refractivity contribution in [3.63, 3.8) is 0 Å². The molecule has 0 heterocycles. The fourth-order valence-electron chi connectivity index (χ4n) is 3.04. The molecular formula is C23H21ClO3S. The normalized spacial score (nSPS) is 11.4. The lowest BCUT2D eigenvalue weighted by molar-refractivity contribution is 0.0992. The van der Waals surface area contributed by atoms with Crippen LogP contribution in [-0.2, 0) is 22.0 Å². The van der Waals surface area contributed by atoms with Gasteiger partial charge in [0.15, 0.2) is 15.6 Å². The first-order valence-corrected chi connectivity index (χ1v) is 10.9. The van der Waals surface area contributed by atoms with E-state index < -0.39 is 9.84 Å². The topological polar surface area (TPSA) is 51.2 Å². The molecule has 0 unspecified atom stereocenters. The van der Waals surface area contributed by atoms with E-state index in [0.29, 0.717) is 16.1 Å². The number of Topliss-reactive ketones (excluding diaryl/α,β-unsaturated/α-hetero) is 1. The molecular weight excluding hydrogens is 392 g/mol. The zero-order valence-corrected chi connectivity index (χ0v) is 17.3. The van der Waals surface area contributed by atoms with Gasteiger partial charge in [-0.25, -0.2) is 8.42 Å². The summed E-state index contributed by atoms with van der Waals surface area (Å²) in [6.07, 6.45) is 0.168. The summed E-state index contributed by atoms with van der Waals surface area (Å²) in [5, 5.41) is 0.612. The number of ketones is 1. The Morgan fingerprint density at radius 3 is 2.39 bits per heavy atom. The maximum absolute atomic E-state index is 12.9. The van der Waals surface area contributed by atoms with E-state index in [1.807, 2.05) is 32.0 Å². The van der Waals surface area contributed by atoms with Crippen molar-refractivity contribution >= 4 is 27.2 Å². The van der Waals surface area contributed by atoms with Crippen LogP contribution in [0.2, 0.25) is 5.02 Å². The highest BCUT2D eigenvalue weighted by atomic mass is 35.5. The third-order valence-corrected chi connectivity index (χ3v) is 6.68. The van der Waals surface area contributed by atoms with Crippen molar-refractivity contribution in [2.24, 2.45) is 0 Å². The minimum absolute atomic E-state index is 0.130. The first-order valence-electron chi connectivity index (χ1n) is 8.92. The predicted octanol–water partition coefficient (Wildman–Crippen LogP) is 5.36. The van der Waals surface area contributed by atoms with E-state index in [2.05, 4.69) is 0 Å². The van der Waals surface area contributed by atoms with Crippen LogP contribution in [0.3, 0.4) is 0 Å². The van der Waals surface area contributed by atoms with Gasteiger partial charge in [0.1, 0.15) is 0 Å². The smallest absolute Gasteiger partial charge is 0.182 e. The highest BCUT2D eigenvalue weighted by Crippen LogP contribution is 2.22. The minimum Gasteiger partial charge on any atom is -0.294 e. The second-order valence-corrected chi connectivity index (χ2v) is 9.31. The van der Waals surface area contributed by atoms with Gasteiger partial charge < -0.3 is 0 Å². The molecule has 144 valence electrons. The Balaban J connectivity index is 1.88. The first-order chi connectivity index (χ1) is 13.3. The zero-order valence-electron chi connectivity index (χ0n) is 15.8. The number of carbonyl (C=O) groups is 1. The van der Waals surface area contributed by atoms with Crippen LogP contribution in [0.15, 0.2) is 71.6 Å². The summed E-state index contributed by atoms with van der Waals surface area (Å²) < 4.78 is 25.7. The summed E-state index contributed by atoms with van der Waals surface area (Å²) >= 11 is 6.15. The lowest BCUT2D eigenvalue weighted by atomic mass is 9.99. The van der Waals surface area contributed by atoms with Crippen LogP contribution < -0.4 is 0 Å². The van der Waals surface area contributed by atoms with Gasteiger partial charge in [0.05, 0.1) is 10.6 Å². The third kappa shape index (κ3) is 4.70. The van der Waals surface area contributed by atoms with E-state index in [-0.39, 0.29) is 22.9 Å². The first kappa shape index (κ1) is 20.3. The van der Waals surface area contributed by atoms with Crippen molar-refractivity contribution in [1.82, 2.24) is 0 Å². The molecule has 3 aromatic carbocycles. The van der Waals surface area contributed by atoms with Gasteiger partial charge in [-0.2, -0.15) is 0 Å². The maximum atomic E-state index is 12.9. The number of rotatable bonds is 6. The summed E-state index contributed by atoms with van der Waals surface area (Å²) in [6.45, 7) is 3.75. The Bertz CT molecular complexity index is 1130. The number of aryl methyl sites for hydroxylation is 2. The number of halogens is 1. The van der Waals surface area contributed by atoms with E-state index in [9.17, 15) is 13.2 Å². The molecule has 28 heavy (non-hydrogen) atoms. The molecule has 3 aromatic rings. The van der Waals surface area contributed by atoms with E-state index in [4.69, 9.17) is 11.6 Å². The molecule has 0 saturated carbocycles. The van der Waals surface area contributed by atoms with Crippen LogP contribution in [0.4, 0.5) is 0 Å². The molecule has 0 saturated heterocycles. The van der Waals surface area contributed by atoms with Crippen molar-refractivity contribution in [3.8, 4) is 0 Å². The molecule has 0 aliphatic rings. The predicted molar refractivity (Wildman–Crippen MR) is 113 cm³/mol. The fraction of sp³-hybridized carbons (Fsp3) is 0.174. The van der Waals surface area contributed by atoms with E-state index in [1.54, 1.807) is 48.5 Å². The standard InChI is InChI=1S/C23H21ClO3S/c1-16-6-5-8-20(12-16)28(26,27)15-19-7-3-4-9-21(19)23(25)14-18-11-10-17(2)22(24)13-18/h3-13H,14-15H2,1-2H3. The van der Waals surface area contributed by atoms with Crippen LogP contribution in [0, 0.1) is 13.8 Å². The highest BCUT2D eigenvalue weighted by molar-refractivity contribution is 7.90. The van der Waals surface area contributed by atoms with Crippen LogP contribution in [0.25, 0.3) is 0 Å². The van der Waals surface area contributed by atoms with E-state index >= 15 is 0 Å². The Hall–Kier alpha value is -2.43. The molecule has 3 rings (SSSR count). The Kier molecular flexibility index (Phi) is 6.01. The van der Waals surface area contributed by atoms with Crippen molar-refractivity contribution in [2.45, 2.75) is 30.9 Å². The van der Waals surface area contributed by atoms with Crippen LogP contribution in [-0.4, -0.2) is 14.2 Å². The minimum atomic E-state index is -3.55. The molecule has 0 aromatic heterocycles. The quantitative estimate of drug-likeness (QED) is 0.512. The van der Waals surface area contributed by atoms with Gasteiger partial charge in [0.2, 0.25) is 0 Å². The number of hydrogen-bond donors (Lipinski definition) is 0. The van der Waals surface area contributed by atoms with E-state index in [0.717, 1.165) is 16.7 Å². The van der Waals surface area contributed by atoms with Crippen molar-refractivity contribution in [3.05, 3.63) is 99.6 Å². The molecule has 0 aliphatic heterocycles. The summed E-state index contributed by atoms with van der Waals surface area (Å²) in [5.41, 5.74) is 3.56. The molecule has 0 N–H and O–H groups in total. The molecule has 5 heteroatoms. The van der Waals surface area contributed by atoms with E-state index in [1.165, 1.54) is 0 Å². The van der Waals surface area contributed by atoms with Gasteiger partial charge in [-0.3, -0.25) is 4.79 Å². The summed E-state index contributed by atoms with van der Waals surface area (Å²) in [7, 11) is -3.55. The van der Waals surface area contributed by atoms with Gasteiger partial charge in [-0.1, -0.05) is 60.1 Å². The average Bonchev–Trinajstić information content (AvgIpc) is 2.65. The maximum Gasteiger partial charge on any atom is 0.182 e. The monoisotopic (exact) mass is 412 g/mol. The van der Waals surface area contributed by atoms with Gasteiger partial charge in [0, 0.05) is 17.0 Å². The summed E-state index contributed by atoms with van der Waals surface area (Å²) in [5.74, 6) is -0.345. The van der Waals surface area contributed by atoms with Gasteiger partial charge in [0.25, 0.3) is 0 Å². The van der Waals surface area contributed by atoms with Crippen molar-refractivity contribution in [2.75, 3.05) is 0 Å². The lowest BCUT2D eigenvalue weighted by Gasteiger charge is -2.11.